The van der Waals surface area contributed by atoms with Gasteiger partial charge in [0.05, 0.1) is 16.9 Å². The lowest BCUT2D eigenvalue weighted by Gasteiger charge is -2.18. The van der Waals surface area contributed by atoms with E-state index in [1.807, 2.05) is 58.8 Å². The molecule has 0 saturated carbocycles. The summed E-state index contributed by atoms with van der Waals surface area (Å²) in [5.74, 6) is 0. The van der Waals surface area contributed by atoms with Crippen molar-refractivity contribution in [2.45, 2.75) is 18.6 Å². The maximum Gasteiger partial charge on any atom is 0.0717 e. The second kappa shape index (κ2) is 7.55. The molecule has 20 heavy (non-hydrogen) atoms. The van der Waals surface area contributed by atoms with Crippen LogP contribution >= 0.6 is 95.4 Å². The molecule has 0 unspecified atom stereocenters. The molecule has 0 spiro atoms. The van der Waals surface area contributed by atoms with Crippen molar-refractivity contribution in [1.29, 1.82) is 0 Å². The van der Waals surface area contributed by atoms with Crippen LogP contribution in [0.5, 0.6) is 0 Å². The molecule has 0 amide bonds. The van der Waals surface area contributed by atoms with Gasteiger partial charge in [-0.2, -0.15) is 12.6 Å². The maximum absolute atomic E-state index is 5.17. The third-order valence-electron chi connectivity index (χ3n) is 2.36. The van der Waals surface area contributed by atoms with E-state index in [0.717, 1.165) is 0 Å². The van der Waals surface area contributed by atoms with Crippen LogP contribution < -0.4 is 0 Å². The maximum atomic E-state index is 5.17. The number of allylic oxidation sites excluding steroid dienone is 1. The molecule has 0 fully saturated rings. The van der Waals surface area contributed by atoms with E-state index in [9.17, 15) is 0 Å². The largest absolute Gasteiger partial charge is 0.168 e. The summed E-state index contributed by atoms with van der Waals surface area (Å²) in [6.45, 7) is 4.25. The van der Waals surface area contributed by atoms with E-state index < -0.39 is 0 Å². The van der Waals surface area contributed by atoms with Gasteiger partial charge < -0.3 is 0 Å². The van der Waals surface area contributed by atoms with Gasteiger partial charge in [0.25, 0.3) is 0 Å². The van der Waals surface area contributed by atoms with Crippen molar-refractivity contribution in [2.75, 3.05) is 12.5 Å². The molecule has 2 rings (SSSR count). The topological polar surface area (TPSA) is 0 Å². The summed E-state index contributed by atoms with van der Waals surface area (Å²) in [6.07, 6.45) is 4.29. The summed E-state index contributed by atoms with van der Waals surface area (Å²) >= 11 is 20.9. The molecule has 0 bridgehead atoms. The average Bonchev–Trinajstić information content (AvgIpc) is 3.00. The fraction of sp³-hybridized carbons (Fsp3) is 0.417. The fourth-order valence-electron chi connectivity index (χ4n) is 1.50. The van der Waals surface area contributed by atoms with Gasteiger partial charge >= 0.3 is 0 Å². The molecule has 0 aromatic heterocycles. The molecule has 0 N–H and O–H groups in total. The molecule has 2 aliphatic rings. The van der Waals surface area contributed by atoms with Crippen molar-refractivity contribution < 1.29 is 0 Å². The van der Waals surface area contributed by atoms with Gasteiger partial charge in [-0.15, -0.1) is 23.5 Å². The normalized spacial score (nSPS) is 20.4. The van der Waals surface area contributed by atoms with Gasteiger partial charge in [0.15, 0.2) is 0 Å². The molecule has 0 saturated heterocycles. The quantitative estimate of drug-likeness (QED) is 0.389. The molecular formula is C12H14S8. The Labute approximate surface area is 157 Å². The zero-order valence-electron chi connectivity index (χ0n) is 11.4. The molecule has 0 aliphatic carbocycles. The van der Waals surface area contributed by atoms with E-state index in [1.165, 1.54) is 26.8 Å². The molecule has 0 radical (unpaired) electrons. The predicted octanol–water partition coefficient (Wildman–Crippen LogP) is 6.85. The standard InChI is InChI=1S/C12H14S8/c1-12(2,14)7-6(5-13)17-10(18-7)11-19-8(15-3)9(16-4)20-11/h5,14H,1-4H3. The smallest absolute Gasteiger partial charge is 0.0717 e. The summed E-state index contributed by atoms with van der Waals surface area (Å²) in [6, 6.07) is 0. The van der Waals surface area contributed by atoms with Crippen molar-refractivity contribution in [3.8, 4) is 0 Å². The monoisotopic (exact) mass is 414 g/mol. The van der Waals surface area contributed by atoms with E-state index in [1.54, 1.807) is 17.1 Å². The van der Waals surface area contributed by atoms with Crippen LogP contribution in [0.15, 0.2) is 26.8 Å². The molecule has 110 valence electrons. The Hall–Kier alpha value is 1.76. The van der Waals surface area contributed by atoms with Crippen molar-refractivity contribution >= 4 is 101 Å². The Kier molecular flexibility index (Phi) is 6.84. The predicted molar refractivity (Wildman–Crippen MR) is 115 cm³/mol. The van der Waals surface area contributed by atoms with E-state index in [-0.39, 0.29) is 4.75 Å². The van der Waals surface area contributed by atoms with Gasteiger partial charge in [-0.25, -0.2) is 0 Å². The average molecular weight is 415 g/mol. The van der Waals surface area contributed by atoms with Gasteiger partial charge in [0, 0.05) is 19.9 Å². The van der Waals surface area contributed by atoms with Gasteiger partial charge in [0.1, 0.15) is 0 Å². The SMILES string of the molecule is CSC1=C(SC)SC(=C2SC(C=S)=C(C(C)(C)S)S2)S1. The van der Waals surface area contributed by atoms with Crippen molar-refractivity contribution in [3.05, 3.63) is 26.8 Å². The summed E-state index contributed by atoms with van der Waals surface area (Å²) in [5.41, 5.74) is 0. The second-order valence-electron chi connectivity index (χ2n) is 4.34. The Morgan fingerprint density at radius 3 is 1.85 bits per heavy atom. The van der Waals surface area contributed by atoms with Crippen LogP contribution in [0.1, 0.15) is 13.8 Å². The van der Waals surface area contributed by atoms with Gasteiger partial charge in [0.2, 0.25) is 0 Å². The minimum absolute atomic E-state index is 0.142. The summed E-state index contributed by atoms with van der Waals surface area (Å²) in [7, 11) is 0. The van der Waals surface area contributed by atoms with E-state index >= 15 is 0 Å². The summed E-state index contributed by atoms with van der Waals surface area (Å²) in [4.78, 5) is 2.45. The zero-order valence-corrected chi connectivity index (χ0v) is 18.0. The lowest BCUT2D eigenvalue weighted by molar-refractivity contribution is 0.894. The summed E-state index contributed by atoms with van der Waals surface area (Å²) < 4.78 is 5.42. The highest BCUT2D eigenvalue weighted by molar-refractivity contribution is 8.42. The highest BCUT2D eigenvalue weighted by atomic mass is 32.3. The second-order valence-corrected chi connectivity index (χ2v) is 12.5. The van der Waals surface area contributed by atoms with Crippen molar-refractivity contribution in [2.24, 2.45) is 0 Å². The third-order valence-corrected chi connectivity index (χ3v) is 11.7. The first-order chi connectivity index (χ1) is 9.40. The Balaban J connectivity index is 2.24. The van der Waals surface area contributed by atoms with Crippen molar-refractivity contribution in [1.82, 2.24) is 0 Å². The van der Waals surface area contributed by atoms with Crippen LogP contribution in [0.25, 0.3) is 0 Å². The Bertz CT molecular complexity index is 502. The van der Waals surface area contributed by atoms with Crippen molar-refractivity contribution in [3.63, 3.8) is 0 Å². The number of hydrogen-bond acceptors (Lipinski definition) is 8. The molecule has 0 atom stereocenters. The van der Waals surface area contributed by atoms with Gasteiger partial charge in [-0.3, -0.25) is 0 Å². The first-order valence-corrected chi connectivity index (χ1v) is 12.2. The number of thiol groups is 1. The van der Waals surface area contributed by atoms with Crippen LogP contribution in [-0.2, 0) is 0 Å². The summed E-state index contributed by atoms with van der Waals surface area (Å²) in [5, 5.41) is 1.79. The van der Waals surface area contributed by atoms with Crippen LogP contribution in [0.3, 0.4) is 0 Å². The van der Waals surface area contributed by atoms with Crippen LogP contribution in [-0.4, -0.2) is 22.6 Å². The van der Waals surface area contributed by atoms with Crippen LogP contribution in [0.2, 0.25) is 0 Å². The molecule has 0 aromatic carbocycles. The minimum Gasteiger partial charge on any atom is -0.168 e. The van der Waals surface area contributed by atoms with Crippen LogP contribution in [0.4, 0.5) is 0 Å². The molecule has 2 aliphatic heterocycles. The molecular weight excluding hydrogens is 401 g/mol. The van der Waals surface area contributed by atoms with Gasteiger partial charge in [-0.1, -0.05) is 59.3 Å². The van der Waals surface area contributed by atoms with E-state index in [0.29, 0.717) is 0 Å². The number of thioether (sulfide) groups is 6. The first kappa shape index (κ1) is 18.1. The molecule has 0 aromatic rings. The molecule has 8 heteroatoms. The number of thiocarbonyl (C=S) groups is 1. The van der Waals surface area contributed by atoms with E-state index in [4.69, 9.17) is 24.8 Å². The third kappa shape index (κ3) is 3.99. The Morgan fingerprint density at radius 1 is 1.00 bits per heavy atom. The van der Waals surface area contributed by atoms with Gasteiger partial charge in [-0.05, 0) is 26.4 Å². The lowest BCUT2D eigenvalue weighted by Crippen LogP contribution is -2.12. The Morgan fingerprint density at radius 2 is 1.50 bits per heavy atom. The highest BCUT2D eigenvalue weighted by Crippen LogP contribution is 2.64. The lowest BCUT2D eigenvalue weighted by atomic mass is 10.2. The van der Waals surface area contributed by atoms with Crippen LogP contribution in [0, 0.1) is 0 Å². The molecule has 0 nitrogen and oxygen atoms in total. The highest BCUT2D eigenvalue weighted by Gasteiger charge is 2.33. The first-order valence-electron chi connectivity index (χ1n) is 5.61. The van der Waals surface area contributed by atoms with E-state index in [2.05, 4.69) is 26.4 Å². The number of hydrogen-bond donors (Lipinski definition) is 1. The fourth-order valence-corrected chi connectivity index (χ4v) is 10.1. The number of rotatable bonds is 4. The zero-order chi connectivity index (χ0) is 14.9. The molecule has 2 heterocycles. The minimum atomic E-state index is -0.142.